The summed E-state index contributed by atoms with van der Waals surface area (Å²) in [6, 6.07) is 14.2. The standard InChI is InChI=1S/C32H37N3O7/c1-19(34(5)31(40)42-32(2,3)4)28(36)33-25-15-12-20-9-7-8-10-26(20)35(29(25)37)18-24-23-14-11-22(30(38)39)17-21(23)13-16-27(24)41-6/h7-11,13-14,16-17,19,25H,12,15,18H2,1-6H3,(H,33,36)(H,38,39)/t19?,25-/m0/s1. The summed E-state index contributed by atoms with van der Waals surface area (Å²) >= 11 is 0. The molecule has 0 aliphatic carbocycles. The molecule has 0 bridgehead atoms. The van der Waals surface area contributed by atoms with Crippen LogP contribution in [0.15, 0.2) is 54.6 Å². The Kier molecular flexibility index (Phi) is 8.75. The highest BCUT2D eigenvalue weighted by atomic mass is 16.6. The molecule has 0 saturated heterocycles. The molecule has 4 rings (SSSR count). The number of para-hydroxylation sites is 1. The summed E-state index contributed by atoms with van der Waals surface area (Å²) in [5.41, 5.74) is 1.82. The number of amides is 3. The molecule has 222 valence electrons. The van der Waals surface area contributed by atoms with Crippen molar-refractivity contribution in [3.05, 3.63) is 71.3 Å². The van der Waals surface area contributed by atoms with Crippen LogP contribution < -0.4 is 15.0 Å². The Morgan fingerprint density at radius 2 is 1.83 bits per heavy atom. The fourth-order valence-electron chi connectivity index (χ4n) is 4.99. The van der Waals surface area contributed by atoms with Gasteiger partial charge in [0.2, 0.25) is 11.8 Å². The van der Waals surface area contributed by atoms with Crippen molar-refractivity contribution in [3.63, 3.8) is 0 Å². The van der Waals surface area contributed by atoms with E-state index in [1.165, 1.54) is 18.0 Å². The average molecular weight is 576 g/mol. The highest BCUT2D eigenvalue weighted by Crippen LogP contribution is 2.34. The number of methoxy groups -OCH3 is 1. The van der Waals surface area contributed by atoms with Crippen LogP contribution in [0.1, 0.15) is 55.6 Å². The lowest BCUT2D eigenvalue weighted by atomic mass is 10.00. The molecule has 42 heavy (non-hydrogen) atoms. The minimum Gasteiger partial charge on any atom is -0.496 e. The zero-order valence-electron chi connectivity index (χ0n) is 24.8. The summed E-state index contributed by atoms with van der Waals surface area (Å²) in [5, 5.41) is 13.8. The number of ether oxygens (including phenoxy) is 2. The molecule has 1 aliphatic heterocycles. The van der Waals surface area contributed by atoms with Gasteiger partial charge in [-0.05, 0) is 81.1 Å². The predicted molar refractivity (Wildman–Crippen MR) is 159 cm³/mol. The van der Waals surface area contributed by atoms with E-state index in [1.54, 1.807) is 64.0 Å². The lowest BCUT2D eigenvalue weighted by Gasteiger charge is -2.30. The third-order valence-electron chi connectivity index (χ3n) is 7.38. The quantitative estimate of drug-likeness (QED) is 0.416. The highest BCUT2D eigenvalue weighted by molar-refractivity contribution is 6.02. The molecule has 0 fully saturated rings. The molecule has 1 heterocycles. The lowest BCUT2D eigenvalue weighted by molar-refractivity contribution is -0.130. The monoisotopic (exact) mass is 575 g/mol. The first-order valence-corrected chi connectivity index (χ1v) is 13.8. The Morgan fingerprint density at radius 1 is 1.12 bits per heavy atom. The van der Waals surface area contributed by atoms with Gasteiger partial charge in [0, 0.05) is 18.3 Å². The molecular formula is C32H37N3O7. The van der Waals surface area contributed by atoms with Crippen LogP contribution in [0.4, 0.5) is 10.5 Å². The molecule has 10 nitrogen and oxygen atoms in total. The van der Waals surface area contributed by atoms with Crippen LogP contribution in [-0.2, 0) is 27.3 Å². The number of carbonyl (C=O) groups excluding carboxylic acids is 3. The molecule has 3 amide bonds. The van der Waals surface area contributed by atoms with Gasteiger partial charge in [-0.1, -0.05) is 30.3 Å². The molecule has 0 radical (unpaired) electrons. The molecule has 2 N–H and O–H groups in total. The first-order valence-electron chi connectivity index (χ1n) is 13.8. The zero-order chi connectivity index (χ0) is 30.8. The van der Waals surface area contributed by atoms with Crippen molar-refractivity contribution in [2.24, 2.45) is 0 Å². The normalized spacial score (nSPS) is 15.8. The molecule has 2 atom stereocenters. The highest BCUT2D eigenvalue weighted by Gasteiger charge is 2.35. The van der Waals surface area contributed by atoms with Gasteiger partial charge in [0.25, 0.3) is 0 Å². The number of aryl methyl sites for hydroxylation is 1. The number of hydrogen-bond acceptors (Lipinski definition) is 6. The van der Waals surface area contributed by atoms with Crippen LogP contribution in [0, 0.1) is 0 Å². The number of carboxylic acids is 1. The number of carboxylic acid groups (broad SMARTS) is 1. The molecular weight excluding hydrogens is 538 g/mol. The predicted octanol–water partition coefficient (Wildman–Crippen LogP) is 4.77. The Balaban J connectivity index is 1.66. The summed E-state index contributed by atoms with van der Waals surface area (Å²) in [4.78, 5) is 54.4. The molecule has 0 aromatic heterocycles. The number of nitrogens with zero attached hydrogens (tertiary/aromatic N) is 2. The maximum absolute atomic E-state index is 14.1. The van der Waals surface area contributed by atoms with E-state index >= 15 is 0 Å². The number of nitrogens with one attached hydrogen (secondary N) is 1. The van der Waals surface area contributed by atoms with Crippen LogP contribution in [-0.4, -0.2) is 65.7 Å². The van der Waals surface area contributed by atoms with E-state index in [1.807, 2.05) is 24.3 Å². The van der Waals surface area contributed by atoms with Gasteiger partial charge < -0.3 is 24.8 Å². The van der Waals surface area contributed by atoms with Gasteiger partial charge in [-0.25, -0.2) is 9.59 Å². The van der Waals surface area contributed by atoms with E-state index in [-0.39, 0.29) is 18.0 Å². The number of carbonyl (C=O) groups is 4. The fourth-order valence-corrected chi connectivity index (χ4v) is 4.99. The molecule has 1 unspecified atom stereocenters. The van der Waals surface area contributed by atoms with Crippen LogP contribution in [0.3, 0.4) is 0 Å². The van der Waals surface area contributed by atoms with Crippen LogP contribution >= 0.6 is 0 Å². The minimum atomic E-state index is -1.03. The second-order valence-corrected chi connectivity index (χ2v) is 11.4. The van der Waals surface area contributed by atoms with Gasteiger partial charge in [0.1, 0.15) is 23.4 Å². The maximum Gasteiger partial charge on any atom is 0.410 e. The number of aromatic carboxylic acids is 1. The molecule has 3 aromatic rings. The Bertz CT molecular complexity index is 1530. The first kappa shape index (κ1) is 30.4. The van der Waals surface area contributed by atoms with E-state index in [0.29, 0.717) is 29.5 Å². The number of benzene rings is 3. The third kappa shape index (κ3) is 6.48. The SMILES string of the molecule is COc1ccc2cc(C(=O)O)ccc2c1CN1C(=O)[C@@H](NC(=O)C(C)N(C)C(=O)OC(C)(C)C)CCc2ccccc21. The number of fused-ring (bicyclic) bond motifs is 2. The van der Waals surface area contributed by atoms with Crippen LogP contribution in [0.2, 0.25) is 0 Å². The van der Waals surface area contributed by atoms with E-state index in [2.05, 4.69) is 5.32 Å². The topological polar surface area (TPSA) is 125 Å². The van der Waals surface area contributed by atoms with Crippen LogP contribution in [0.5, 0.6) is 5.75 Å². The van der Waals surface area contributed by atoms with Crippen molar-refractivity contribution >= 4 is 40.3 Å². The summed E-state index contributed by atoms with van der Waals surface area (Å²) in [6.45, 7) is 6.95. The Labute approximate surface area is 245 Å². The molecule has 10 heteroatoms. The number of likely N-dealkylation sites (N-methyl/N-ethyl adjacent to an activating group) is 1. The fraction of sp³-hybridized carbons (Fsp3) is 0.375. The largest absolute Gasteiger partial charge is 0.496 e. The molecule has 1 aliphatic rings. The van der Waals surface area contributed by atoms with Crippen molar-refractivity contribution in [1.82, 2.24) is 10.2 Å². The Morgan fingerprint density at radius 3 is 2.50 bits per heavy atom. The van der Waals surface area contributed by atoms with Gasteiger partial charge in [0.05, 0.1) is 19.2 Å². The van der Waals surface area contributed by atoms with E-state index < -0.39 is 35.7 Å². The maximum atomic E-state index is 14.1. The van der Waals surface area contributed by atoms with E-state index in [9.17, 15) is 24.3 Å². The first-order chi connectivity index (χ1) is 19.8. The second kappa shape index (κ2) is 12.1. The lowest BCUT2D eigenvalue weighted by Crippen LogP contribution is -2.54. The summed E-state index contributed by atoms with van der Waals surface area (Å²) in [7, 11) is 3.03. The smallest absolute Gasteiger partial charge is 0.410 e. The zero-order valence-corrected chi connectivity index (χ0v) is 24.8. The van der Waals surface area contributed by atoms with E-state index in [0.717, 1.165) is 16.6 Å². The second-order valence-electron chi connectivity index (χ2n) is 11.4. The number of anilines is 1. The van der Waals surface area contributed by atoms with Crippen molar-refractivity contribution in [3.8, 4) is 5.75 Å². The molecule has 0 spiro atoms. The van der Waals surface area contributed by atoms with Crippen molar-refractivity contribution < 1.29 is 33.8 Å². The van der Waals surface area contributed by atoms with Gasteiger partial charge in [-0.15, -0.1) is 0 Å². The van der Waals surface area contributed by atoms with Crippen LogP contribution in [0.25, 0.3) is 10.8 Å². The molecule has 0 saturated carbocycles. The van der Waals surface area contributed by atoms with Crippen molar-refractivity contribution in [2.45, 2.75) is 64.8 Å². The third-order valence-corrected chi connectivity index (χ3v) is 7.38. The van der Waals surface area contributed by atoms with Crippen molar-refractivity contribution in [1.29, 1.82) is 0 Å². The summed E-state index contributed by atoms with van der Waals surface area (Å²) in [5.74, 6) is -1.26. The Hall–Kier alpha value is -4.60. The van der Waals surface area contributed by atoms with E-state index in [4.69, 9.17) is 9.47 Å². The van der Waals surface area contributed by atoms with Crippen molar-refractivity contribution in [2.75, 3.05) is 19.1 Å². The molecule has 3 aromatic carbocycles. The summed E-state index contributed by atoms with van der Waals surface area (Å²) < 4.78 is 11.1. The van der Waals surface area contributed by atoms with Gasteiger partial charge in [-0.2, -0.15) is 0 Å². The van der Waals surface area contributed by atoms with Gasteiger partial charge in [-0.3, -0.25) is 14.5 Å². The summed E-state index contributed by atoms with van der Waals surface area (Å²) in [6.07, 6.45) is 0.282. The van der Waals surface area contributed by atoms with Gasteiger partial charge >= 0.3 is 12.1 Å². The number of hydrogen-bond donors (Lipinski definition) is 2. The number of rotatable bonds is 7. The average Bonchev–Trinajstić information content (AvgIpc) is 3.07. The van der Waals surface area contributed by atoms with Gasteiger partial charge in [0.15, 0.2) is 0 Å². The minimum absolute atomic E-state index is 0.127.